The number of urea groups is 1. The van der Waals surface area contributed by atoms with Gasteiger partial charge in [0.2, 0.25) is 0 Å². The molecule has 3 N–H and O–H groups in total. The number of nitrogens with zero attached hydrogens (tertiary/aromatic N) is 2. The number of likely N-dealkylation sites (tertiary alicyclic amines) is 1. The molecule has 0 aliphatic carbocycles. The fourth-order valence-corrected chi connectivity index (χ4v) is 3.08. The van der Waals surface area contributed by atoms with Gasteiger partial charge in [-0.15, -0.1) is 11.8 Å². The Morgan fingerprint density at radius 1 is 1.18 bits per heavy atom. The molecule has 96 valence electrons. The molecule has 0 aromatic heterocycles. The van der Waals surface area contributed by atoms with Crippen LogP contribution in [0.4, 0.5) is 4.79 Å². The van der Waals surface area contributed by atoms with E-state index in [-0.39, 0.29) is 13.1 Å². The number of aliphatic carboxylic acids is 1. The maximum absolute atomic E-state index is 12.0. The summed E-state index contributed by atoms with van der Waals surface area (Å²) in [5, 5.41) is 27.7. The third kappa shape index (κ3) is 2.33. The number of amides is 2. The van der Waals surface area contributed by atoms with Crippen molar-refractivity contribution in [3.05, 3.63) is 0 Å². The van der Waals surface area contributed by atoms with Crippen LogP contribution in [0.2, 0.25) is 0 Å². The first-order chi connectivity index (χ1) is 8.00. The predicted molar refractivity (Wildman–Crippen MR) is 59.6 cm³/mol. The topological polar surface area (TPSA) is 101 Å². The van der Waals surface area contributed by atoms with Crippen molar-refractivity contribution in [3.8, 4) is 0 Å². The van der Waals surface area contributed by atoms with Crippen LogP contribution in [-0.4, -0.2) is 80.1 Å². The highest BCUT2D eigenvalue weighted by Gasteiger charge is 2.40. The summed E-state index contributed by atoms with van der Waals surface area (Å²) in [5.41, 5.74) is 0. The van der Waals surface area contributed by atoms with Crippen LogP contribution < -0.4 is 0 Å². The first-order valence-electron chi connectivity index (χ1n) is 5.23. The van der Waals surface area contributed by atoms with E-state index in [1.165, 1.54) is 21.6 Å². The van der Waals surface area contributed by atoms with Crippen molar-refractivity contribution in [2.24, 2.45) is 0 Å². The summed E-state index contributed by atoms with van der Waals surface area (Å²) in [4.78, 5) is 25.5. The standard InChI is InChI=1S/C9H14N2O5S/c12-6-1-10(2-7(6)13)9(16)11-4-17-3-5(11)8(14)15/h5-7,12-13H,1-4H2,(H,14,15). The number of carbonyl (C=O) groups is 2. The Morgan fingerprint density at radius 3 is 2.29 bits per heavy atom. The van der Waals surface area contributed by atoms with Gasteiger partial charge in [0.25, 0.3) is 0 Å². The number of β-amino-alcohol motifs (C(OH)–C–C–N with tert-alkyl or cyclic N) is 2. The molecule has 3 unspecified atom stereocenters. The highest BCUT2D eigenvalue weighted by molar-refractivity contribution is 7.99. The minimum absolute atomic E-state index is 0.0491. The Morgan fingerprint density at radius 2 is 1.76 bits per heavy atom. The van der Waals surface area contributed by atoms with Gasteiger partial charge < -0.3 is 25.1 Å². The van der Waals surface area contributed by atoms with Gasteiger partial charge in [0, 0.05) is 5.75 Å². The third-order valence-corrected chi connectivity index (χ3v) is 3.95. The van der Waals surface area contributed by atoms with E-state index < -0.39 is 30.3 Å². The fraction of sp³-hybridized carbons (Fsp3) is 0.778. The largest absolute Gasteiger partial charge is 0.480 e. The first kappa shape index (κ1) is 12.5. The molecule has 2 aliphatic heterocycles. The van der Waals surface area contributed by atoms with E-state index in [0.717, 1.165) is 0 Å². The van der Waals surface area contributed by atoms with Crippen LogP contribution in [0.1, 0.15) is 0 Å². The minimum Gasteiger partial charge on any atom is -0.480 e. The molecule has 3 atom stereocenters. The molecule has 2 heterocycles. The second-order valence-electron chi connectivity index (χ2n) is 4.15. The van der Waals surface area contributed by atoms with Crippen molar-refractivity contribution < 1.29 is 24.9 Å². The number of carbonyl (C=O) groups excluding carboxylic acids is 1. The molecule has 0 aromatic carbocycles. The Kier molecular flexibility index (Phi) is 3.45. The van der Waals surface area contributed by atoms with Crippen LogP contribution in [-0.2, 0) is 4.79 Å². The smallest absolute Gasteiger partial charge is 0.327 e. The van der Waals surface area contributed by atoms with E-state index >= 15 is 0 Å². The van der Waals surface area contributed by atoms with Crippen molar-refractivity contribution in [2.45, 2.75) is 18.2 Å². The first-order valence-corrected chi connectivity index (χ1v) is 6.38. The van der Waals surface area contributed by atoms with Gasteiger partial charge in [0.15, 0.2) is 0 Å². The molecule has 7 nitrogen and oxygen atoms in total. The minimum atomic E-state index is -1.02. The molecule has 0 aromatic rings. The number of hydrogen-bond acceptors (Lipinski definition) is 5. The number of rotatable bonds is 1. The Hall–Kier alpha value is -0.990. The van der Waals surface area contributed by atoms with Crippen LogP contribution >= 0.6 is 11.8 Å². The molecule has 2 amide bonds. The van der Waals surface area contributed by atoms with Crippen molar-refractivity contribution in [1.82, 2.24) is 9.80 Å². The average Bonchev–Trinajstić information content (AvgIpc) is 2.85. The van der Waals surface area contributed by atoms with E-state index in [1.54, 1.807) is 0 Å². The number of aliphatic hydroxyl groups excluding tert-OH is 2. The highest BCUT2D eigenvalue weighted by atomic mass is 32.2. The SMILES string of the molecule is O=C(O)C1CSCN1C(=O)N1CC(O)C(O)C1. The van der Waals surface area contributed by atoms with Crippen molar-refractivity contribution in [2.75, 3.05) is 24.7 Å². The van der Waals surface area contributed by atoms with Crippen molar-refractivity contribution in [1.29, 1.82) is 0 Å². The molecular formula is C9H14N2O5S. The number of carboxylic acids is 1. The molecule has 2 aliphatic rings. The van der Waals surface area contributed by atoms with Gasteiger partial charge in [-0.1, -0.05) is 0 Å². The Labute approximate surface area is 102 Å². The summed E-state index contributed by atoms with van der Waals surface area (Å²) in [6.45, 7) is 0.0982. The molecule has 0 saturated carbocycles. The molecule has 8 heteroatoms. The molecule has 0 bridgehead atoms. The number of aliphatic hydroxyl groups is 2. The van der Waals surface area contributed by atoms with E-state index in [1.807, 2.05) is 0 Å². The van der Waals surface area contributed by atoms with Crippen molar-refractivity contribution in [3.63, 3.8) is 0 Å². The van der Waals surface area contributed by atoms with Crippen LogP contribution in [0.3, 0.4) is 0 Å². The lowest BCUT2D eigenvalue weighted by Gasteiger charge is -2.26. The quantitative estimate of drug-likeness (QED) is 0.537. The van der Waals surface area contributed by atoms with Gasteiger partial charge in [0.1, 0.15) is 6.04 Å². The zero-order valence-corrected chi connectivity index (χ0v) is 9.84. The predicted octanol–water partition coefficient (Wildman–Crippen LogP) is -1.40. The molecule has 0 radical (unpaired) electrons. The van der Waals surface area contributed by atoms with E-state index in [2.05, 4.69) is 0 Å². The second kappa shape index (κ2) is 4.71. The number of thioether (sulfide) groups is 1. The molecule has 2 saturated heterocycles. The molecular weight excluding hydrogens is 248 g/mol. The van der Waals surface area contributed by atoms with E-state index in [4.69, 9.17) is 5.11 Å². The summed E-state index contributed by atoms with van der Waals surface area (Å²) >= 11 is 1.38. The lowest BCUT2D eigenvalue weighted by Crippen LogP contribution is -2.48. The van der Waals surface area contributed by atoms with E-state index in [0.29, 0.717) is 11.6 Å². The molecule has 17 heavy (non-hydrogen) atoms. The lowest BCUT2D eigenvalue weighted by atomic mass is 10.3. The monoisotopic (exact) mass is 262 g/mol. The van der Waals surface area contributed by atoms with Crippen molar-refractivity contribution >= 4 is 23.8 Å². The van der Waals surface area contributed by atoms with Gasteiger partial charge in [-0.3, -0.25) is 0 Å². The van der Waals surface area contributed by atoms with Gasteiger partial charge in [-0.05, 0) is 0 Å². The second-order valence-corrected chi connectivity index (χ2v) is 5.15. The zero-order chi connectivity index (χ0) is 12.6. The summed E-state index contributed by atoms with van der Waals surface area (Å²) in [6, 6.07) is -1.25. The third-order valence-electron chi connectivity index (χ3n) is 2.94. The fourth-order valence-electron chi connectivity index (χ4n) is 1.94. The van der Waals surface area contributed by atoms with Gasteiger partial charge >= 0.3 is 12.0 Å². The van der Waals surface area contributed by atoms with Crippen LogP contribution in [0.15, 0.2) is 0 Å². The molecule has 0 spiro atoms. The lowest BCUT2D eigenvalue weighted by molar-refractivity contribution is -0.140. The van der Waals surface area contributed by atoms with Crippen LogP contribution in [0.5, 0.6) is 0 Å². The highest BCUT2D eigenvalue weighted by Crippen LogP contribution is 2.24. The number of hydrogen-bond donors (Lipinski definition) is 3. The van der Waals surface area contributed by atoms with Gasteiger partial charge in [-0.25, -0.2) is 9.59 Å². The average molecular weight is 262 g/mol. The Balaban J connectivity index is 2.03. The van der Waals surface area contributed by atoms with Crippen LogP contribution in [0.25, 0.3) is 0 Å². The maximum Gasteiger partial charge on any atom is 0.327 e. The van der Waals surface area contributed by atoms with Gasteiger partial charge in [-0.2, -0.15) is 0 Å². The normalized spacial score (nSPS) is 33.2. The summed E-state index contributed by atoms with van der Waals surface area (Å²) < 4.78 is 0. The summed E-state index contributed by atoms with van der Waals surface area (Å²) in [6.07, 6.45) is -1.89. The zero-order valence-electron chi connectivity index (χ0n) is 9.02. The van der Waals surface area contributed by atoms with Gasteiger partial charge in [0.05, 0.1) is 31.2 Å². The summed E-state index contributed by atoms with van der Waals surface area (Å²) in [5.74, 6) is -0.318. The summed E-state index contributed by atoms with van der Waals surface area (Å²) in [7, 11) is 0. The Bertz CT molecular complexity index is 329. The molecule has 2 fully saturated rings. The number of carboxylic acid groups (broad SMARTS) is 1. The van der Waals surface area contributed by atoms with E-state index in [9.17, 15) is 19.8 Å². The maximum atomic E-state index is 12.0. The van der Waals surface area contributed by atoms with Crippen LogP contribution in [0, 0.1) is 0 Å². The molecule has 2 rings (SSSR count).